The first-order valence-corrected chi connectivity index (χ1v) is 5.43. The molecule has 0 spiro atoms. The number of hydrogen-bond donors (Lipinski definition) is 0. The molecule has 0 fully saturated rings. The van der Waals surface area contributed by atoms with E-state index in [0.717, 1.165) is 6.07 Å². The van der Waals surface area contributed by atoms with Crippen LogP contribution in [-0.2, 0) is 12.7 Å². The smallest absolute Gasteiger partial charge is 0.330 e. The predicted molar refractivity (Wildman–Crippen MR) is 58.9 cm³/mol. The number of nitrogens with zero attached hydrogens (tertiary/aromatic N) is 4. The van der Waals surface area contributed by atoms with Gasteiger partial charge in [-0.15, -0.1) is 0 Å². The maximum Gasteiger partial charge on any atom is 0.433 e. The van der Waals surface area contributed by atoms with E-state index >= 15 is 0 Å². The maximum atomic E-state index is 12.6. The lowest BCUT2D eigenvalue weighted by atomic mass is 10.3. The Labute approximate surface area is 105 Å². The molecule has 8 heteroatoms. The second-order valence-corrected chi connectivity index (χ2v) is 3.78. The van der Waals surface area contributed by atoms with Crippen molar-refractivity contribution in [2.75, 3.05) is 0 Å². The zero-order chi connectivity index (χ0) is 13.3. The van der Waals surface area contributed by atoms with Gasteiger partial charge in [0, 0.05) is 18.9 Å². The summed E-state index contributed by atoms with van der Waals surface area (Å²) in [5.41, 5.74) is -1.03. The summed E-state index contributed by atoms with van der Waals surface area (Å²) in [7, 11) is 0. The molecule has 0 amide bonds. The maximum absolute atomic E-state index is 12.6. The van der Waals surface area contributed by atoms with Gasteiger partial charge in [-0.3, -0.25) is 0 Å². The van der Waals surface area contributed by atoms with E-state index in [0.29, 0.717) is 12.4 Å². The zero-order valence-electron chi connectivity index (χ0n) is 9.24. The summed E-state index contributed by atoms with van der Waals surface area (Å²) in [4.78, 5) is 10.9. The van der Waals surface area contributed by atoms with Crippen molar-refractivity contribution in [1.82, 2.24) is 19.5 Å². The predicted octanol–water partition coefficient (Wildman–Crippen LogP) is 3.03. The average molecular weight is 277 g/mol. The molecule has 0 aromatic carbocycles. The summed E-state index contributed by atoms with van der Waals surface area (Å²) >= 11 is 5.51. The number of hydrogen-bond acceptors (Lipinski definition) is 3. The monoisotopic (exact) mass is 276 g/mol. The van der Waals surface area contributed by atoms with Gasteiger partial charge in [-0.05, 0) is 24.6 Å². The van der Waals surface area contributed by atoms with Crippen molar-refractivity contribution >= 4 is 11.6 Å². The third-order valence-corrected chi connectivity index (χ3v) is 2.44. The zero-order valence-corrected chi connectivity index (χ0v) is 10.00. The summed E-state index contributed by atoms with van der Waals surface area (Å²) in [5.74, 6) is 0.326. The van der Waals surface area contributed by atoms with Gasteiger partial charge in [0.1, 0.15) is 11.4 Å². The molecular formula is C10H8ClF3N4. The van der Waals surface area contributed by atoms with Crippen molar-refractivity contribution in [3.8, 4) is 11.5 Å². The van der Waals surface area contributed by atoms with Crippen LogP contribution >= 0.6 is 11.6 Å². The first-order valence-electron chi connectivity index (χ1n) is 5.05. The second-order valence-electron chi connectivity index (χ2n) is 3.44. The third kappa shape index (κ3) is 2.45. The standard InChI is InChI=1S/C10H8ClF3N4/c1-2-18-4-3-15-8(18)6-5-7(10(12,13)14)17-9(11)16-6/h3-5H,2H2,1H3. The lowest BCUT2D eigenvalue weighted by Gasteiger charge is -2.08. The van der Waals surface area contributed by atoms with Crippen LogP contribution in [0.2, 0.25) is 5.28 Å². The molecule has 0 saturated heterocycles. The van der Waals surface area contributed by atoms with Gasteiger partial charge < -0.3 is 4.57 Å². The summed E-state index contributed by atoms with van der Waals surface area (Å²) < 4.78 is 39.5. The van der Waals surface area contributed by atoms with E-state index in [9.17, 15) is 13.2 Å². The van der Waals surface area contributed by atoms with Crippen LogP contribution in [0.5, 0.6) is 0 Å². The van der Waals surface area contributed by atoms with Crippen molar-refractivity contribution in [3.05, 3.63) is 29.4 Å². The van der Waals surface area contributed by atoms with Crippen molar-refractivity contribution in [2.24, 2.45) is 0 Å². The van der Waals surface area contributed by atoms with Gasteiger partial charge in [0.25, 0.3) is 0 Å². The Hall–Kier alpha value is -1.63. The van der Waals surface area contributed by atoms with Crippen LogP contribution in [0.25, 0.3) is 11.5 Å². The van der Waals surface area contributed by atoms with E-state index in [1.165, 1.54) is 6.20 Å². The van der Waals surface area contributed by atoms with Crippen LogP contribution in [0.15, 0.2) is 18.5 Å². The fourth-order valence-corrected chi connectivity index (χ4v) is 1.66. The Kier molecular flexibility index (Phi) is 3.25. The summed E-state index contributed by atoms with van der Waals surface area (Å²) in [6.07, 6.45) is -1.42. The number of alkyl halides is 3. The van der Waals surface area contributed by atoms with Gasteiger partial charge in [0.2, 0.25) is 5.28 Å². The molecular weight excluding hydrogens is 269 g/mol. The summed E-state index contributed by atoms with van der Waals surface area (Å²) in [6.45, 7) is 2.41. The minimum Gasteiger partial charge on any atom is -0.330 e. The highest BCUT2D eigenvalue weighted by atomic mass is 35.5. The molecule has 0 unspecified atom stereocenters. The Morgan fingerprint density at radius 1 is 1.33 bits per heavy atom. The fourth-order valence-electron chi connectivity index (χ4n) is 1.48. The number of imidazole rings is 1. The van der Waals surface area contributed by atoms with Gasteiger partial charge in [0.05, 0.1) is 0 Å². The molecule has 0 saturated carbocycles. The van der Waals surface area contributed by atoms with Crippen molar-refractivity contribution < 1.29 is 13.2 Å². The van der Waals surface area contributed by atoms with E-state index in [-0.39, 0.29) is 5.69 Å². The van der Waals surface area contributed by atoms with Crippen molar-refractivity contribution in [1.29, 1.82) is 0 Å². The third-order valence-electron chi connectivity index (χ3n) is 2.27. The Morgan fingerprint density at radius 3 is 2.67 bits per heavy atom. The molecule has 0 aliphatic heterocycles. The van der Waals surface area contributed by atoms with Gasteiger partial charge >= 0.3 is 6.18 Å². The van der Waals surface area contributed by atoms with Gasteiger partial charge in [0.15, 0.2) is 5.82 Å². The lowest BCUT2D eigenvalue weighted by molar-refractivity contribution is -0.141. The van der Waals surface area contributed by atoms with Crippen LogP contribution in [0.1, 0.15) is 12.6 Å². The van der Waals surface area contributed by atoms with Gasteiger partial charge in [-0.2, -0.15) is 13.2 Å². The Balaban J connectivity index is 2.56. The molecule has 0 bridgehead atoms. The van der Waals surface area contributed by atoms with Gasteiger partial charge in [-0.1, -0.05) is 0 Å². The SMILES string of the molecule is CCn1ccnc1-c1cc(C(F)(F)F)nc(Cl)n1. The molecule has 2 aromatic rings. The summed E-state index contributed by atoms with van der Waals surface area (Å²) in [5, 5.41) is -0.453. The number of aromatic nitrogens is 4. The minimum absolute atomic E-state index is 0.0502. The molecule has 0 aliphatic rings. The van der Waals surface area contributed by atoms with Crippen molar-refractivity contribution in [3.63, 3.8) is 0 Å². The molecule has 0 N–H and O–H groups in total. The molecule has 2 heterocycles. The van der Waals surface area contributed by atoms with E-state index in [1.807, 2.05) is 6.92 Å². The highest BCUT2D eigenvalue weighted by Gasteiger charge is 2.34. The van der Waals surface area contributed by atoms with Crippen molar-refractivity contribution in [2.45, 2.75) is 19.6 Å². The molecule has 0 aliphatic carbocycles. The highest BCUT2D eigenvalue weighted by molar-refractivity contribution is 6.28. The van der Waals surface area contributed by atoms with Gasteiger partial charge in [-0.25, -0.2) is 15.0 Å². The largest absolute Gasteiger partial charge is 0.433 e. The molecule has 2 aromatic heterocycles. The van der Waals surface area contributed by atoms with Crippen LogP contribution in [0.4, 0.5) is 13.2 Å². The molecule has 0 atom stereocenters. The molecule has 4 nitrogen and oxygen atoms in total. The number of rotatable bonds is 2. The van der Waals surface area contributed by atoms with E-state index < -0.39 is 17.2 Å². The molecule has 2 rings (SSSR count). The van der Waals surface area contributed by atoms with E-state index in [4.69, 9.17) is 11.6 Å². The van der Waals surface area contributed by atoms with Crippen LogP contribution < -0.4 is 0 Å². The topological polar surface area (TPSA) is 43.6 Å². The highest BCUT2D eigenvalue weighted by Crippen LogP contribution is 2.30. The second kappa shape index (κ2) is 4.56. The first kappa shape index (κ1) is 12.8. The average Bonchev–Trinajstić information content (AvgIpc) is 2.74. The van der Waals surface area contributed by atoms with Crippen LogP contribution in [0.3, 0.4) is 0 Å². The quantitative estimate of drug-likeness (QED) is 0.792. The fraction of sp³-hybridized carbons (Fsp3) is 0.300. The molecule has 0 radical (unpaired) electrons. The Bertz CT molecular complexity index is 564. The summed E-state index contributed by atoms with van der Waals surface area (Å²) in [6, 6.07) is 0.834. The first-order chi connectivity index (χ1) is 8.41. The van der Waals surface area contributed by atoms with Crippen LogP contribution in [-0.4, -0.2) is 19.5 Å². The number of aryl methyl sites for hydroxylation is 1. The Morgan fingerprint density at radius 2 is 2.06 bits per heavy atom. The lowest BCUT2D eigenvalue weighted by Crippen LogP contribution is -2.10. The molecule has 18 heavy (non-hydrogen) atoms. The normalized spacial score (nSPS) is 11.8. The van der Waals surface area contributed by atoms with E-state index in [1.54, 1.807) is 10.8 Å². The van der Waals surface area contributed by atoms with Crippen LogP contribution in [0, 0.1) is 0 Å². The minimum atomic E-state index is -4.56. The number of halogens is 4. The van der Waals surface area contributed by atoms with E-state index in [2.05, 4.69) is 15.0 Å². The molecule has 96 valence electrons.